The van der Waals surface area contributed by atoms with Gasteiger partial charge in [-0.05, 0) is 25.0 Å². The van der Waals surface area contributed by atoms with E-state index in [9.17, 15) is 4.79 Å². The van der Waals surface area contributed by atoms with Gasteiger partial charge >= 0.3 is 0 Å². The summed E-state index contributed by atoms with van der Waals surface area (Å²) in [5.41, 5.74) is 3.32. The van der Waals surface area contributed by atoms with Crippen LogP contribution < -0.4 is 10.6 Å². The Balaban J connectivity index is 1.95. The molecule has 0 atom stereocenters. The first kappa shape index (κ1) is 14.0. The highest BCUT2D eigenvalue weighted by molar-refractivity contribution is 5.99. The molecule has 0 bridgehead atoms. The summed E-state index contributed by atoms with van der Waals surface area (Å²) in [4.78, 5) is 16.3. The lowest BCUT2D eigenvalue weighted by Gasteiger charge is -2.09. The normalized spacial score (nSPS) is 10.3. The highest BCUT2D eigenvalue weighted by Crippen LogP contribution is 2.14. The molecule has 20 heavy (non-hydrogen) atoms. The number of nitrogens with zero attached hydrogens (tertiary/aromatic N) is 3. The summed E-state index contributed by atoms with van der Waals surface area (Å²) in [6.45, 7) is 2.46. The minimum absolute atomic E-state index is 0.120. The number of amides is 1. The van der Waals surface area contributed by atoms with Crippen molar-refractivity contribution in [3.05, 3.63) is 41.5 Å². The predicted molar refractivity (Wildman–Crippen MR) is 77.8 cm³/mol. The first-order chi connectivity index (χ1) is 9.60. The van der Waals surface area contributed by atoms with E-state index >= 15 is 0 Å². The van der Waals surface area contributed by atoms with Crippen molar-refractivity contribution in [1.82, 2.24) is 20.1 Å². The zero-order valence-corrected chi connectivity index (χ0v) is 12.0. The Kier molecular flexibility index (Phi) is 4.34. The fraction of sp³-hybridized carbons (Fsp3) is 0.357. The number of nitrogens with one attached hydrogen (secondary N) is 2. The highest BCUT2D eigenvalue weighted by Gasteiger charge is 2.11. The third-order valence-corrected chi connectivity index (χ3v) is 3.01. The molecule has 2 aromatic heterocycles. The van der Waals surface area contributed by atoms with E-state index in [0.29, 0.717) is 12.1 Å². The van der Waals surface area contributed by atoms with Gasteiger partial charge in [0.2, 0.25) is 0 Å². The molecule has 0 aliphatic rings. The summed E-state index contributed by atoms with van der Waals surface area (Å²) in [6.07, 6.45) is 6.10. The fourth-order valence-corrected chi connectivity index (χ4v) is 1.96. The lowest BCUT2D eigenvalue weighted by Crippen LogP contribution is -2.26. The van der Waals surface area contributed by atoms with Crippen molar-refractivity contribution in [3.8, 4) is 0 Å². The van der Waals surface area contributed by atoms with Gasteiger partial charge in [-0.2, -0.15) is 5.10 Å². The number of anilines is 1. The van der Waals surface area contributed by atoms with Gasteiger partial charge < -0.3 is 10.6 Å². The summed E-state index contributed by atoms with van der Waals surface area (Å²) in [6, 6.07) is 1.86. The van der Waals surface area contributed by atoms with Gasteiger partial charge in [-0.3, -0.25) is 14.5 Å². The van der Waals surface area contributed by atoms with Crippen molar-refractivity contribution in [1.29, 1.82) is 0 Å². The Morgan fingerprint density at radius 3 is 2.85 bits per heavy atom. The van der Waals surface area contributed by atoms with Crippen LogP contribution in [-0.4, -0.2) is 34.3 Å². The maximum atomic E-state index is 12.1. The topological polar surface area (TPSA) is 71.8 Å². The summed E-state index contributed by atoms with van der Waals surface area (Å²) < 4.78 is 1.75. The first-order valence-electron chi connectivity index (χ1n) is 6.50. The number of carbonyl (C=O) groups is 1. The maximum absolute atomic E-state index is 12.1. The molecule has 6 heteroatoms. The van der Waals surface area contributed by atoms with Crippen molar-refractivity contribution < 1.29 is 4.79 Å². The summed E-state index contributed by atoms with van der Waals surface area (Å²) >= 11 is 0. The van der Waals surface area contributed by atoms with E-state index in [2.05, 4.69) is 20.7 Å². The summed E-state index contributed by atoms with van der Waals surface area (Å²) in [5, 5.41) is 10.0. The third kappa shape index (κ3) is 3.34. The largest absolute Gasteiger partial charge is 0.387 e. The highest BCUT2D eigenvalue weighted by atomic mass is 16.1. The number of hydrogen-bond donors (Lipinski definition) is 2. The van der Waals surface area contributed by atoms with Crippen LogP contribution >= 0.6 is 0 Å². The average Bonchev–Trinajstić information content (AvgIpc) is 2.84. The second kappa shape index (κ2) is 6.18. The predicted octanol–water partition coefficient (Wildman–Crippen LogP) is 1.14. The molecule has 2 heterocycles. The second-order valence-corrected chi connectivity index (χ2v) is 4.65. The van der Waals surface area contributed by atoms with Crippen LogP contribution in [0.15, 0.2) is 24.7 Å². The van der Waals surface area contributed by atoms with Gasteiger partial charge in [0, 0.05) is 38.7 Å². The van der Waals surface area contributed by atoms with E-state index in [-0.39, 0.29) is 5.91 Å². The van der Waals surface area contributed by atoms with Gasteiger partial charge in [0.25, 0.3) is 5.91 Å². The zero-order valence-electron chi connectivity index (χ0n) is 12.0. The molecule has 1 amide bonds. The third-order valence-electron chi connectivity index (χ3n) is 3.01. The van der Waals surface area contributed by atoms with E-state index in [4.69, 9.17) is 0 Å². The average molecular weight is 273 g/mol. The number of carbonyl (C=O) groups excluding carboxylic acids is 1. The SMILES string of the molecule is CNc1cc(C)ncc1C(=O)NCCc1cnn(C)c1. The van der Waals surface area contributed by atoms with Crippen LogP contribution in [0.2, 0.25) is 0 Å². The molecule has 0 aliphatic carbocycles. The van der Waals surface area contributed by atoms with Crippen molar-refractivity contribution in [2.45, 2.75) is 13.3 Å². The molecule has 0 aliphatic heterocycles. The molecule has 0 fully saturated rings. The van der Waals surface area contributed by atoms with Gasteiger partial charge in [0.05, 0.1) is 17.4 Å². The van der Waals surface area contributed by atoms with Gasteiger partial charge in [-0.1, -0.05) is 0 Å². The van der Waals surface area contributed by atoms with Crippen LogP contribution in [0.3, 0.4) is 0 Å². The molecule has 0 radical (unpaired) electrons. The Morgan fingerprint density at radius 2 is 2.20 bits per heavy atom. The van der Waals surface area contributed by atoms with Gasteiger partial charge in [-0.25, -0.2) is 0 Å². The molecule has 2 rings (SSSR count). The number of hydrogen-bond acceptors (Lipinski definition) is 4. The van der Waals surface area contributed by atoms with Crippen LogP contribution in [0.25, 0.3) is 0 Å². The zero-order chi connectivity index (χ0) is 14.5. The van der Waals surface area contributed by atoms with Crippen LogP contribution in [-0.2, 0) is 13.5 Å². The molecule has 2 N–H and O–H groups in total. The molecule has 0 saturated heterocycles. The van der Waals surface area contributed by atoms with E-state index < -0.39 is 0 Å². The minimum Gasteiger partial charge on any atom is -0.387 e. The molecule has 0 aromatic carbocycles. The first-order valence-corrected chi connectivity index (χ1v) is 6.50. The van der Waals surface area contributed by atoms with Crippen molar-refractivity contribution in [2.24, 2.45) is 7.05 Å². The van der Waals surface area contributed by atoms with E-state index in [1.807, 2.05) is 26.2 Å². The summed E-state index contributed by atoms with van der Waals surface area (Å²) in [5.74, 6) is -0.120. The molecular weight excluding hydrogens is 254 g/mol. The van der Waals surface area contributed by atoms with Gasteiger partial charge in [0.15, 0.2) is 0 Å². The molecule has 6 nitrogen and oxygen atoms in total. The van der Waals surface area contributed by atoms with Crippen LogP contribution in [0.4, 0.5) is 5.69 Å². The standard InChI is InChI=1S/C14H19N5O/c1-10-6-13(15-2)12(8-17-10)14(20)16-5-4-11-7-18-19(3)9-11/h6-9H,4-5H2,1-3H3,(H,15,17)(H,16,20). The maximum Gasteiger partial charge on any atom is 0.254 e. The Labute approximate surface area is 118 Å². The van der Waals surface area contributed by atoms with E-state index in [1.165, 1.54) is 0 Å². The van der Waals surface area contributed by atoms with E-state index in [0.717, 1.165) is 23.4 Å². The lowest BCUT2D eigenvalue weighted by atomic mass is 10.2. The van der Waals surface area contributed by atoms with Crippen molar-refractivity contribution in [2.75, 3.05) is 18.9 Å². The second-order valence-electron chi connectivity index (χ2n) is 4.65. The summed E-state index contributed by atoms with van der Waals surface area (Å²) in [7, 11) is 3.67. The Morgan fingerprint density at radius 1 is 1.40 bits per heavy atom. The van der Waals surface area contributed by atoms with E-state index in [1.54, 1.807) is 24.1 Å². The Hall–Kier alpha value is -2.37. The number of pyridine rings is 1. The monoisotopic (exact) mass is 273 g/mol. The molecule has 0 unspecified atom stereocenters. The molecule has 2 aromatic rings. The minimum atomic E-state index is -0.120. The molecule has 0 spiro atoms. The fourth-order valence-electron chi connectivity index (χ4n) is 1.96. The van der Waals surface area contributed by atoms with Gasteiger partial charge in [0.1, 0.15) is 0 Å². The quantitative estimate of drug-likeness (QED) is 0.857. The lowest BCUT2D eigenvalue weighted by molar-refractivity contribution is 0.0954. The van der Waals surface area contributed by atoms with Gasteiger partial charge in [-0.15, -0.1) is 0 Å². The van der Waals surface area contributed by atoms with Crippen LogP contribution in [0, 0.1) is 6.92 Å². The van der Waals surface area contributed by atoms with Crippen LogP contribution in [0.5, 0.6) is 0 Å². The number of aromatic nitrogens is 3. The van der Waals surface area contributed by atoms with Crippen molar-refractivity contribution in [3.63, 3.8) is 0 Å². The Bertz CT molecular complexity index is 605. The van der Waals surface area contributed by atoms with Crippen molar-refractivity contribution >= 4 is 11.6 Å². The molecule has 0 saturated carbocycles. The number of aryl methyl sites for hydroxylation is 2. The molecule has 106 valence electrons. The van der Waals surface area contributed by atoms with Crippen LogP contribution in [0.1, 0.15) is 21.6 Å². The smallest absolute Gasteiger partial charge is 0.254 e. The molecular formula is C14H19N5O. The number of rotatable bonds is 5.